The Balaban J connectivity index is 1.73. The summed E-state index contributed by atoms with van der Waals surface area (Å²) >= 11 is 0. The summed E-state index contributed by atoms with van der Waals surface area (Å²) < 4.78 is 1.64. The van der Waals surface area contributed by atoms with Gasteiger partial charge in [-0.1, -0.05) is 25.0 Å². The number of benzene rings is 1. The molecule has 1 saturated heterocycles. The van der Waals surface area contributed by atoms with E-state index < -0.39 is 4.92 Å². The molecule has 7 heteroatoms. The lowest BCUT2D eigenvalue weighted by Crippen LogP contribution is -2.31. The molecule has 7 nitrogen and oxygen atoms in total. The van der Waals surface area contributed by atoms with Crippen LogP contribution in [-0.4, -0.2) is 38.6 Å². The molecule has 0 aliphatic carbocycles. The second kappa shape index (κ2) is 7.68. The zero-order valence-corrected chi connectivity index (χ0v) is 15.3. The summed E-state index contributed by atoms with van der Waals surface area (Å²) in [6, 6.07) is 7.46. The van der Waals surface area contributed by atoms with E-state index in [4.69, 9.17) is 0 Å². The Morgan fingerprint density at radius 1 is 1.12 bits per heavy atom. The minimum atomic E-state index is -0.392. The highest BCUT2D eigenvalue weighted by atomic mass is 16.6. The van der Waals surface area contributed by atoms with Gasteiger partial charge in [-0.25, -0.2) is 0 Å². The Morgan fingerprint density at radius 3 is 2.27 bits per heavy atom. The molecule has 2 aromatic rings. The monoisotopic (exact) mass is 356 g/mol. The second-order valence-electron chi connectivity index (χ2n) is 6.84. The van der Waals surface area contributed by atoms with Crippen LogP contribution < -0.4 is 0 Å². The average Bonchev–Trinajstić information content (AvgIpc) is 2.81. The van der Waals surface area contributed by atoms with Gasteiger partial charge >= 0.3 is 5.69 Å². The maximum Gasteiger partial charge on any atom is 0.312 e. The number of carbonyl (C=O) groups excluding carboxylic acids is 1. The zero-order valence-electron chi connectivity index (χ0n) is 15.3. The summed E-state index contributed by atoms with van der Waals surface area (Å²) in [4.78, 5) is 25.3. The zero-order chi connectivity index (χ0) is 18.7. The fourth-order valence-electron chi connectivity index (χ4n) is 3.49. The number of carbonyl (C=O) groups is 1. The van der Waals surface area contributed by atoms with Crippen molar-refractivity contribution in [2.45, 2.75) is 46.1 Å². The number of likely N-dealkylation sites (tertiary alicyclic amines) is 1. The minimum Gasteiger partial charge on any atom is -0.339 e. The third-order valence-corrected chi connectivity index (χ3v) is 4.95. The number of aromatic nitrogens is 2. The smallest absolute Gasteiger partial charge is 0.312 e. The highest BCUT2D eigenvalue weighted by molar-refractivity contribution is 5.94. The molecule has 3 rings (SSSR count). The predicted molar refractivity (Wildman–Crippen MR) is 98.3 cm³/mol. The van der Waals surface area contributed by atoms with Crippen LogP contribution in [0.15, 0.2) is 24.3 Å². The maximum atomic E-state index is 12.6. The van der Waals surface area contributed by atoms with Gasteiger partial charge in [-0.3, -0.25) is 19.6 Å². The largest absolute Gasteiger partial charge is 0.339 e. The first-order valence-corrected chi connectivity index (χ1v) is 9.04. The van der Waals surface area contributed by atoms with Gasteiger partial charge in [-0.15, -0.1) is 0 Å². The van der Waals surface area contributed by atoms with E-state index in [0.717, 1.165) is 31.5 Å². The van der Waals surface area contributed by atoms with Crippen molar-refractivity contribution in [2.75, 3.05) is 13.1 Å². The first-order chi connectivity index (χ1) is 12.5. The van der Waals surface area contributed by atoms with Crippen molar-refractivity contribution in [3.8, 4) is 0 Å². The van der Waals surface area contributed by atoms with E-state index in [1.165, 1.54) is 12.8 Å². The predicted octanol–water partition coefficient (Wildman–Crippen LogP) is 3.47. The number of hydrogen-bond donors (Lipinski definition) is 0. The Morgan fingerprint density at radius 2 is 1.73 bits per heavy atom. The lowest BCUT2D eigenvalue weighted by Gasteiger charge is -2.20. The van der Waals surface area contributed by atoms with Crippen molar-refractivity contribution < 1.29 is 9.72 Å². The number of aryl methyl sites for hydroxylation is 1. The molecule has 0 bridgehead atoms. The normalized spacial score (nSPS) is 14.9. The van der Waals surface area contributed by atoms with Crippen LogP contribution in [-0.2, 0) is 6.54 Å². The van der Waals surface area contributed by atoms with E-state index in [1.807, 2.05) is 29.2 Å². The van der Waals surface area contributed by atoms with Crippen LogP contribution >= 0.6 is 0 Å². The fourth-order valence-corrected chi connectivity index (χ4v) is 3.49. The van der Waals surface area contributed by atoms with Crippen molar-refractivity contribution in [3.63, 3.8) is 0 Å². The first kappa shape index (κ1) is 18.1. The Bertz CT molecular complexity index is 803. The van der Waals surface area contributed by atoms with Crippen LogP contribution in [0.5, 0.6) is 0 Å². The molecule has 26 heavy (non-hydrogen) atoms. The Hall–Kier alpha value is -2.70. The van der Waals surface area contributed by atoms with Crippen molar-refractivity contribution in [3.05, 3.63) is 56.9 Å². The molecule has 138 valence electrons. The van der Waals surface area contributed by atoms with Crippen LogP contribution in [0.3, 0.4) is 0 Å². The highest BCUT2D eigenvalue weighted by Crippen LogP contribution is 2.22. The van der Waals surface area contributed by atoms with Crippen LogP contribution in [0.2, 0.25) is 0 Å². The van der Waals surface area contributed by atoms with E-state index in [-0.39, 0.29) is 11.6 Å². The molecule has 1 aromatic carbocycles. The summed E-state index contributed by atoms with van der Waals surface area (Å²) in [5, 5.41) is 15.4. The van der Waals surface area contributed by atoms with Crippen LogP contribution in [0.25, 0.3) is 0 Å². The number of nitrogens with zero attached hydrogens (tertiary/aromatic N) is 4. The topological polar surface area (TPSA) is 81.3 Å². The van der Waals surface area contributed by atoms with Gasteiger partial charge in [-0.05, 0) is 44.4 Å². The average molecular weight is 356 g/mol. The Kier molecular flexibility index (Phi) is 5.35. The van der Waals surface area contributed by atoms with Gasteiger partial charge in [0.05, 0.1) is 11.5 Å². The highest BCUT2D eigenvalue weighted by Gasteiger charge is 2.22. The summed E-state index contributed by atoms with van der Waals surface area (Å²) in [5.41, 5.74) is 2.67. The van der Waals surface area contributed by atoms with Gasteiger partial charge in [0.25, 0.3) is 5.91 Å². The van der Waals surface area contributed by atoms with Crippen molar-refractivity contribution >= 4 is 11.6 Å². The molecular formula is C19H24N4O3. The molecule has 0 saturated carbocycles. The number of nitro groups is 1. The van der Waals surface area contributed by atoms with Gasteiger partial charge in [0.15, 0.2) is 0 Å². The van der Waals surface area contributed by atoms with Gasteiger partial charge < -0.3 is 4.90 Å². The first-order valence-electron chi connectivity index (χ1n) is 9.04. The van der Waals surface area contributed by atoms with E-state index >= 15 is 0 Å². The molecule has 1 aliphatic rings. The van der Waals surface area contributed by atoms with Crippen LogP contribution in [0, 0.1) is 24.0 Å². The number of rotatable bonds is 4. The Labute approximate surface area is 152 Å². The lowest BCUT2D eigenvalue weighted by atomic mass is 10.1. The molecule has 0 unspecified atom stereocenters. The molecule has 0 atom stereocenters. The molecular weight excluding hydrogens is 332 g/mol. The molecule has 1 aliphatic heterocycles. The summed E-state index contributed by atoms with van der Waals surface area (Å²) in [5.74, 6) is 0.0835. The lowest BCUT2D eigenvalue weighted by molar-refractivity contribution is -0.386. The summed E-state index contributed by atoms with van der Waals surface area (Å²) in [6.45, 7) is 5.45. The van der Waals surface area contributed by atoms with Crippen molar-refractivity contribution in [1.82, 2.24) is 14.7 Å². The molecule has 1 amide bonds. The molecule has 0 spiro atoms. The molecule has 0 radical (unpaired) electrons. The summed E-state index contributed by atoms with van der Waals surface area (Å²) in [6.07, 6.45) is 4.52. The van der Waals surface area contributed by atoms with E-state index in [1.54, 1.807) is 18.5 Å². The third-order valence-electron chi connectivity index (χ3n) is 4.95. The minimum absolute atomic E-state index is 0.0676. The molecule has 1 aromatic heterocycles. The molecule has 2 heterocycles. The van der Waals surface area contributed by atoms with E-state index in [0.29, 0.717) is 23.5 Å². The van der Waals surface area contributed by atoms with Crippen molar-refractivity contribution in [1.29, 1.82) is 0 Å². The number of amides is 1. The SMILES string of the molecule is Cc1nn(Cc2ccc(C(=O)N3CCCCCC3)cc2)c(C)c1[N+](=O)[O-]. The summed E-state index contributed by atoms with van der Waals surface area (Å²) in [7, 11) is 0. The number of hydrogen-bond acceptors (Lipinski definition) is 4. The van der Waals surface area contributed by atoms with Crippen LogP contribution in [0.1, 0.15) is 53.0 Å². The van der Waals surface area contributed by atoms with Crippen LogP contribution in [0.4, 0.5) is 5.69 Å². The van der Waals surface area contributed by atoms with Crippen molar-refractivity contribution in [2.24, 2.45) is 0 Å². The van der Waals surface area contributed by atoms with Gasteiger partial charge in [-0.2, -0.15) is 5.10 Å². The van der Waals surface area contributed by atoms with Gasteiger partial charge in [0.1, 0.15) is 11.4 Å². The maximum absolute atomic E-state index is 12.6. The van der Waals surface area contributed by atoms with Gasteiger partial charge in [0, 0.05) is 18.7 Å². The standard InChI is InChI=1S/C19H24N4O3/c1-14-18(23(25)26)15(2)22(20-14)13-16-7-9-17(10-8-16)19(24)21-11-5-3-4-6-12-21/h7-10H,3-6,11-13H2,1-2H3. The van der Waals surface area contributed by atoms with E-state index in [2.05, 4.69) is 5.10 Å². The van der Waals surface area contributed by atoms with Gasteiger partial charge in [0.2, 0.25) is 0 Å². The third kappa shape index (κ3) is 3.76. The fraction of sp³-hybridized carbons (Fsp3) is 0.474. The molecule has 0 N–H and O–H groups in total. The van der Waals surface area contributed by atoms with E-state index in [9.17, 15) is 14.9 Å². The molecule has 1 fully saturated rings. The quantitative estimate of drug-likeness (QED) is 0.620. The second-order valence-corrected chi connectivity index (χ2v) is 6.84.